The van der Waals surface area contributed by atoms with Gasteiger partial charge < -0.3 is 9.84 Å². The van der Waals surface area contributed by atoms with Crippen molar-refractivity contribution in [3.05, 3.63) is 63.5 Å². The van der Waals surface area contributed by atoms with Crippen molar-refractivity contribution in [2.24, 2.45) is 0 Å². The summed E-state index contributed by atoms with van der Waals surface area (Å²) in [6, 6.07) is 9.94. The minimum atomic E-state index is -0.371. The largest absolute Gasteiger partial charge is 0.347 e. The molecule has 0 aliphatic carbocycles. The Morgan fingerprint density at radius 2 is 2.04 bits per heavy atom. The summed E-state index contributed by atoms with van der Waals surface area (Å²) in [4.78, 5) is 16.2. The second kappa shape index (κ2) is 7.60. The molecule has 1 aromatic carbocycles. The van der Waals surface area contributed by atoms with Crippen LogP contribution in [-0.4, -0.2) is 32.4 Å². The molecule has 0 atom stereocenters. The Hall–Kier alpha value is -2.48. The molecule has 8 heteroatoms. The zero-order valence-electron chi connectivity index (χ0n) is 14.0. The van der Waals surface area contributed by atoms with Gasteiger partial charge in [-0.05, 0) is 41.8 Å². The average Bonchev–Trinajstić information content (AvgIpc) is 3.17. The number of carbonyl (C=O) groups excluding carboxylic acids is 1. The van der Waals surface area contributed by atoms with Gasteiger partial charge >= 0.3 is 11.8 Å². The summed E-state index contributed by atoms with van der Waals surface area (Å²) < 4.78 is 7.77. The molecule has 0 spiro atoms. The molecule has 1 N–H and O–H groups in total. The standard InChI is InChI=1S/C17H18BrN5O2/c1-11-15(18)12(2)23(21-11)10-14-20-17(25-22-14)16(24)19-9-8-13-6-4-3-5-7-13/h3-7H,8-10H2,1-2H3,(H,19,24). The van der Waals surface area contributed by atoms with E-state index in [1.54, 1.807) is 4.68 Å². The first-order chi connectivity index (χ1) is 12.0. The van der Waals surface area contributed by atoms with Crippen LogP contribution in [0, 0.1) is 13.8 Å². The maximum absolute atomic E-state index is 12.1. The van der Waals surface area contributed by atoms with Crippen LogP contribution in [0.2, 0.25) is 0 Å². The number of benzene rings is 1. The fourth-order valence-corrected chi connectivity index (χ4v) is 2.70. The lowest BCUT2D eigenvalue weighted by Crippen LogP contribution is -2.26. The molecular formula is C17H18BrN5O2. The molecule has 2 aromatic heterocycles. The highest BCUT2D eigenvalue weighted by Gasteiger charge is 2.16. The molecule has 1 amide bonds. The van der Waals surface area contributed by atoms with Crippen LogP contribution < -0.4 is 5.32 Å². The molecule has 130 valence electrons. The van der Waals surface area contributed by atoms with Crippen LogP contribution in [0.4, 0.5) is 0 Å². The van der Waals surface area contributed by atoms with Crippen molar-refractivity contribution in [3.8, 4) is 0 Å². The van der Waals surface area contributed by atoms with E-state index in [1.165, 1.54) is 0 Å². The second-order valence-corrected chi connectivity index (χ2v) is 6.44. The lowest BCUT2D eigenvalue weighted by molar-refractivity contribution is 0.0910. The van der Waals surface area contributed by atoms with Crippen LogP contribution in [0.5, 0.6) is 0 Å². The molecule has 0 aliphatic heterocycles. The van der Waals surface area contributed by atoms with Crippen molar-refractivity contribution in [3.63, 3.8) is 0 Å². The average molecular weight is 404 g/mol. The smallest absolute Gasteiger partial charge is 0.316 e. The summed E-state index contributed by atoms with van der Waals surface area (Å²) in [5.74, 6) is -0.000743. The Bertz CT molecular complexity index is 873. The van der Waals surface area contributed by atoms with Crippen molar-refractivity contribution >= 4 is 21.8 Å². The Morgan fingerprint density at radius 3 is 2.72 bits per heavy atom. The van der Waals surface area contributed by atoms with E-state index in [9.17, 15) is 4.79 Å². The van der Waals surface area contributed by atoms with E-state index in [0.717, 1.165) is 27.8 Å². The molecule has 0 bridgehead atoms. The number of carbonyl (C=O) groups is 1. The Morgan fingerprint density at radius 1 is 1.28 bits per heavy atom. The zero-order chi connectivity index (χ0) is 17.8. The molecule has 3 rings (SSSR count). The van der Waals surface area contributed by atoms with Crippen molar-refractivity contribution in [2.45, 2.75) is 26.8 Å². The van der Waals surface area contributed by atoms with Crippen LogP contribution in [0.3, 0.4) is 0 Å². The SMILES string of the molecule is Cc1nn(Cc2noc(C(=O)NCCc3ccccc3)n2)c(C)c1Br. The quantitative estimate of drug-likeness (QED) is 0.683. The van der Waals surface area contributed by atoms with Crippen molar-refractivity contribution in [2.75, 3.05) is 6.54 Å². The second-order valence-electron chi connectivity index (χ2n) is 5.65. The van der Waals surface area contributed by atoms with E-state index in [2.05, 4.69) is 36.5 Å². The van der Waals surface area contributed by atoms with Crippen LogP contribution in [-0.2, 0) is 13.0 Å². The summed E-state index contributed by atoms with van der Waals surface area (Å²) in [5, 5.41) is 11.0. The van der Waals surface area contributed by atoms with E-state index in [1.807, 2.05) is 44.2 Å². The molecule has 3 aromatic rings. The highest BCUT2D eigenvalue weighted by molar-refractivity contribution is 9.10. The Kier molecular flexibility index (Phi) is 5.28. The van der Waals surface area contributed by atoms with Crippen LogP contribution in [0.15, 0.2) is 39.3 Å². The highest BCUT2D eigenvalue weighted by Crippen LogP contribution is 2.20. The molecule has 7 nitrogen and oxygen atoms in total. The van der Waals surface area contributed by atoms with Gasteiger partial charge in [-0.3, -0.25) is 9.48 Å². The Labute approximate surface area is 153 Å². The van der Waals surface area contributed by atoms with E-state index in [-0.39, 0.29) is 11.8 Å². The van der Waals surface area contributed by atoms with E-state index < -0.39 is 0 Å². The van der Waals surface area contributed by atoms with Gasteiger partial charge in [0.1, 0.15) is 6.54 Å². The number of rotatable bonds is 6. The highest BCUT2D eigenvalue weighted by atomic mass is 79.9. The van der Waals surface area contributed by atoms with Gasteiger partial charge in [-0.2, -0.15) is 10.1 Å². The first-order valence-electron chi connectivity index (χ1n) is 7.89. The first-order valence-corrected chi connectivity index (χ1v) is 8.68. The molecule has 25 heavy (non-hydrogen) atoms. The third-order valence-corrected chi connectivity index (χ3v) is 4.94. The summed E-state index contributed by atoms with van der Waals surface area (Å²) in [5.41, 5.74) is 3.01. The fraction of sp³-hybridized carbons (Fsp3) is 0.294. The predicted molar refractivity (Wildman–Crippen MR) is 95.3 cm³/mol. The summed E-state index contributed by atoms with van der Waals surface area (Å²) >= 11 is 3.48. The van der Waals surface area contributed by atoms with Gasteiger partial charge in [0.2, 0.25) is 0 Å². The van der Waals surface area contributed by atoms with E-state index in [4.69, 9.17) is 4.52 Å². The summed E-state index contributed by atoms with van der Waals surface area (Å²) in [7, 11) is 0. The zero-order valence-corrected chi connectivity index (χ0v) is 15.6. The molecule has 0 saturated heterocycles. The van der Waals surface area contributed by atoms with Gasteiger partial charge in [0, 0.05) is 6.54 Å². The number of aromatic nitrogens is 4. The lowest BCUT2D eigenvalue weighted by atomic mass is 10.1. The maximum Gasteiger partial charge on any atom is 0.316 e. The monoisotopic (exact) mass is 403 g/mol. The van der Waals surface area contributed by atoms with Crippen LogP contribution in [0.1, 0.15) is 33.5 Å². The topological polar surface area (TPSA) is 85.8 Å². The van der Waals surface area contributed by atoms with Gasteiger partial charge in [0.15, 0.2) is 5.82 Å². The molecule has 0 saturated carbocycles. The minimum Gasteiger partial charge on any atom is -0.347 e. The molecule has 0 unspecified atom stereocenters. The van der Waals surface area contributed by atoms with Crippen molar-refractivity contribution in [1.29, 1.82) is 0 Å². The van der Waals surface area contributed by atoms with Gasteiger partial charge in [-0.25, -0.2) is 0 Å². The number of halogens is 1. The van der Waals surface area contributed by atoms with Gasteiger partial charge in [-0.1, -0.05) is 35.5 Å². The van der Waals surface area contributed by atoms with Crippen LogP contribution >= 0.6 is 15.9 Å². The Balaban J connectivity index is 1.57. The van der Waals surface area contributed by atoms with Crippen molar-refractivity contribution in [1.82, 2.24) is 25.2 Å². The maximum atomic E-state index is 12.1. The number of hydrogen-bond acceptors (Lipinski definition) is 5. The molecule has 0 aliphatic rings. The number of nitrogens with one attached hydrogen (secondary N) is 1. The number of hydrogen-bond donors (Lipinski definition) is 1. The van der Waals surface area contributed by atoms with Gasteiger partial charge in [0.25, 0.3) is 0 Å². The van der Waals surface area contributed by atoms with Crippen LogP contribution in [0.25, 0.3) is 0 Å². The van der Waals surface area contributed by atoms with Gasteiger partial charge in [-0.15, -0.1) is 0 Å². The number of nitrogens with zero attached hydrogens (tertiary/aromatic N) is 4. The van der Waals surface area contributed by atoms with E-state index >= 15 is 0 Å². The summed E-state index contributed by atoms with van der Waals surface area (Å²) in [6.45, 7) is 4.71. The predicted octanol–water partition coefficient (Wildman–Crippen LogP) is 2.67. The normalized spacial score (nSPS) is 10.8. The minimum absolute atomic E-state index is 0.0383. The number of amides is 1. The number of aryl methyl sites for hydroxylation is 1. The van der Waals surface area contributed by atoms with Crippen molar-refractivity contribution < 1.29 is 9.32 Å². The lowest BCUT2D eigenvalue weighted by Gasteiger charge is -2.02. The fourth-order valence-electron chi connectivity index (χ4n) is 2.41. The first kappa shape index (κ1) is 17.3. The third-order valence-electron chi connectivity index (χ3n) is 3.79. The molecule has 0 radical (unpaired) electrons. The molecule has 0 fully saturated rings. The molecule has 2 heterocycles. The summed E-state index contributed by atoms with van der Waals surface area (Å²) in [6.07, 6.45) is 0.743. The van der Waals surface area contributed by atoms with Gasteiger partial charge in [0.05, 0.1) is 15.9 Å². The van der Waals surface area contributed by atoms with E-state index in [0.29, 0.717) is 18.9 Å². The third kappa shape index (κ3) is 4.14. The molecular weight excluding hydrogens is 386 g/mol.